The molecular formula is C11H16N2O3. The Balaban J connectivity index is 2.54. The highest BCUT2D eigenvalue weighted by Gasteiger charge is 2.33. The molecule has 1 aliphatic rings. The fraction of sp³-hybridized carbons (Fsp3) is 0.455. The predicted molar refractivity (Wildman–Crippen MR) is 60.9 cm³/mol. The minimum Gasteiger partial charge on any atom is -0.496 e. The Kier molecular flexibility index (Phi) is 2.65. The maximum absolute atomic E-state index is 9.91. The normalized spacial score (nSPS) is 18.9. The molecule has 16 heavy (non-hydrogen) atoms. The van der Waals surface area contributed by atoms with E-state index in [9.17, 15) is 5.21 Å². The minimum atomic E-state index is -0.244. The van der Waals surface area contributed by atoms with Gasteiger partial charge in [-0.2, -0.15) is 0 Å². The lowest BCUT2D eigenvalue weighted by Gasteiger charge is -2.23. The van der Waals surface area contributed by atoms with Gasteiger partial charge in [0.1, 0.15) is 11.9 Å². The topological polar surface area (TPSA) is 45.2 Å². The molecular weight excluding hydrogens is 208 g/mol. The summed E-state index contributed by atoms with van der Waals surface area (Å²) in [5, 5.41) is 12.7. The van der Waals surface area contributed by atoms with E-state index in [1.165, 1.54) is 5.06 Å². The number of benzene rings is 1. The lowest BCUT2D eigenvalue weighted by Crippen LogP contribution is -2.38. The van der Waals surface area contributed by atoms with E-state index in [4.69, 9.17) is 9.57 Å². The van der Waals surface area contributed by atoms with Crippen molar-refractivity contribution in [3.05, 3.63) is 17.7 Å². The summed E-state index contributed by atoms with van der Waals surface area (Å²) in [6, 6.07) is 3.74. The van der Waals surface area contributed by atoms with Crippen LogP contribution in [0.25, 0.3) is 0 Å². The summed E-state index contributed by atoms with van der Waals surface area (Å²) in [7, 11) is 3.20. The monoisotopic (exact) mass is 224 g/mol. The third kappa shape index (κ3) is 1.40. The summed E-state index contributed by atoms with van der Waals surface area (Å²) in [4.78, 5) is 5.24. The summed E-state index contributed by atoms with van der Waals surface area (Å²) >= 11 is 0. The second kappa shape index (κ2) is 3.84. The van der Waals surface area contributed by atoms with Crippen molar-refractivity contribution in [3.8, 4) is 5.75 Å². The third-order valence-corrected chi connectivity index (χ3v) is 2.87. The molecule has 0 aromatic heterocycles. The smallest absolute Gasteiger partial charge is 0.149 e. The van der Waals surface area contributed by atoms with Crippen LogP contribution in [-0.4, -0.2) is 25.6 Å². The molecule has 1 aromatic rings. The molecule has 5 nitrogen and oxygen atoms in total. The standard InChI is InChI=1S/C11H16N2O3/c1-7-5-9-10(6-11(7)15-3)13(16-4)8(2)12(9)14/h5-6,8,14H,1-4H3. The minimum absolute atomic E-state index is 0.244. The van der Waals surface area contributed by atoms with Crippen molar-refractivity contribution >= 4 is 11.4 Å². The molecule has 88 valence electrons. The van der Waals surface area contributed by atoms with Crippen LogP contribution >= 0.6 is 0 Å². The Labute approximate surface area is 94.7 Å². The van der Waals surface area contributed by atoms with Gasteiger partial charge in [-0.15, -0.1) is 0 Å². The van der Waals surface area contributed by atoms with Gasteiger partial charge in [0.2, 0.25) is 0 Å². The van der Waals surface area contributed by atoms with Crippen LogP contribution in [0.4, 0.5) is 11.4 Å². The first kappa shape index (κ1) is 11.0. The highest BCUT2D eigenvalue weighted by Crippen LogP contribution is 2.42. The van der Waals surface area contributed by atoms with Gasteiger partial charge in [-0.1, -0.05) is 0 Å². The van der Waals surface area contributed by atoms with Gasteiger partial charge >= 0.3 is 0 Å². The molecule has 1 aliphatic heterocycles. The number of rotatable bonds is 2. The van der Waals surface area contributed by atoms with E-state index >= 15 is 0 Å². The van der Waals surface area contributed by atoms with E-state index in [0.29, 0.717) is 0 Å². The van der Waals surface area contributed by atoms with Gasteiger partial charge in [-0.3, -0.25) is 10.0 Å². The highest BCUT2D eigenvalue weighted by molar-refractivity contribution is 5.77. The van der Waals surface area contributed by atoms with E-state index in [2.05, 4.69) is 0 Å². The van der Waals surface area contributed by atoms with Crippen molar-refractivity contribution in [2.75, 3.05) is 24.3 Å². The summed E-state index contributed by atoms with van der Waals surface area (Å²) < 4.78 is 5.25. The lowest BCUT2D eigenvalue weighted by molar-refractivity contribution is 0.115. The quantitative estimate of drug-likeness (QED) is 0.831. The largest absolute Gasteiger partial charge is 0.496 e. The maximum atomic E-state index is 9.91. The van der Waals surface area contributed by atoms with Crippen LogP contribution in [0.5, 0.6) is 5.75 Å². The van der Waals surface area contributed by atoms with Gasteiger partial charge in [-0.25, -0.2) is 10.1 Å². The van der Waals surface area contributed by atoms with Crippen LogP contribution in [0.1, 0.15) is 12.5 Å². The van der Waals surface area contributed by atoms with E-state index < -0.39 is 0 Å². The van der Waals surface area contributed by atoms with E-state index in [1.807, 2.05) is 26.0 Å². The molecule has 1 aromatic carbocycles. The first-order chi connectivity index (χ1) is 7.60. The number of hydrogen-bond acceptors (Lipinski definition) is 5. The first-order valence-electron chi connectivity index (χ1n) is 5.10. The van der Waals surface area contributed by atoms with Crippen LogP contribution in [-0.2, 0) is 4.84 Å². The number of ether oxygens (including phenoxy) is 1. The van der Waals surface area contributed by atoms with Crippen LogP contribution < -0.4 is 14.9 Å². The molecule has 1 N–H and O–H groups in total. The molecule has 0 saturated carbocycles. The fourth-order valence-corrected chi connectivity index (χ4v) is 1.99. The van der Waals surface area contributed by atoms with Crippen LogP contribution in [0, 0.1) is 6.92 Å². The Morgan fingerprint density at radius 3 is 2.50 bits per heavy atom. The Bertz CT molecular complexity index is 408. The summed E-state index contributed by atoms with van der Waals surface area (Å²) in [6.07, 6.45) is -0.244. The fourth-order valence-electron chi connectivity index (χ4n) is 1.99. The van der Waals surface area contributed by atoms with Crippen LogP contribution in [0.15, 0.2) is 12.1 Å². The zero-order valence-electron chi connectivity index (χ0n) is 9.89. The molecule has 1 unspecified atom stereocenters. The molecule has 0 spiro atoms. The van der Waals surface area contributed by atoms with Crippen molar-refractivity contribution in [1.82, 2.24) is 0 Å². The molecule has 1 heterocycles. The van der Waals surface area contributed by atoms with Crippen molar-refractivity contribution in [2.24, 2.45) is 0 Å². The summed E-state index contributed by atoms with van der Waals surface area (Å²) in [5.74, 6) is 0.781. The van der Waals surface area contributed by atoms with Crippen molar-refractivity contribution in [1.29, 1.82) is 0 Å². The zero-order chi connectivity index (χ0) is 11.9. The first-order valence-corrected chi connectivity index (χ1v) is 5.10. The molecule has 0 aliphatic carbocycles. The van der Waals surface area contributed by atoms with Crippen molar-refractivity contribution in [3.63, 3.8) is 0 Å². The molecule has 5 heteroatoms. The third-order valence-electron chi connectivity index (χ3n) is 2.87. The van der Waals surface area contributed by atoms with Crippen LogP contribution in [0.3, 0.4) is 0 Å². The van der Waals surface area contributed by atoms with Crippen molar-refractivity contribution in [2.45, 2.75) is 20.0 Å². The number of nitrogens with zero attached hydrogens (tertiary/aromatic N) is 2. The molecule has 1 atom stereocenters. The molecule has 0 fully saturated rings. The SMILES string of the molecule is COc1cc2c(cc1C)N(O)C(C)N2OC. The summed E-state index contributed by atoms with van der Waals surface area (Å²) in [6.45, 7) is 3.79. The highest BCUT2D eigenvalue weighted by atomic mass is 16.7. The average molecular weight is 224 g/mol. The number of hydrogen-bond donors (Lipinski definition) is 1. The molecule has 0 saturated heterocycles. The average Bonchev–Trinajstić information content (AvgIpc) is 2.51. The van der Waals surface area contributed by atoms with Crippen LogP contribution in [0.2, 0.25) is 0 Å². The predicted octanol–water partition coefficient (Wildman–Crippen LogP) is 1.93. The van der Waals surface area contributed by atoms with Gasteiger partial charge in [0.05, 0.1) is 25.6 Å². The van der Waals surface area contributed by atoms with E-state index in [0.717, 1.165) is 22.7 Å². The number of fused-ring (bicyclic) bond motifs is 1. The van der Waals surface area contributed by atoms with Gasteiger partial charge in [-0.05, 0) is 25.5 Å². The molecule has 0 radical (unpaired) electrons. The zero-order valence-corrected chi connectivity index (χ0v) is 9.89. The van der Waals surface area contributed by atoms with Gasteiger partial charge in [0.25, 0.3) is 0 Å². The summed E-state index contributed by atoms with van der Waals surface area (Å²) in [5.41, 5.74) is 2.51. The maximum Gasteiger partial charge on any atom is 0.149 e. The van der Waals surface area contributed by atoms with E-state index in [-0.39, 0.29) is 6.17 Å². The molecule has 0 bridgehead atoms. The molecule has 0 amide bonds. The Morgan fingerprint density at radius 1 is 1.25 bits per heavy atom. The number of hydroxylamine groups is 2. The van der Waals surface area contributed by atoms with Crippen molar-refractivity contribution < 1.29 is 14.8 Å². The van der Waals surface area contributed by atoms with Gasteiger partial charge in [0.15, 0.2) is 0 Å². The number of methoxy groups -OCH3 is 1. The lowest BCUT2D eigenvalue weighted by atomic mass is 10.2. The van der Waals surface area contributed by atoms with Gasteiger partial charge in [0, 0.05) is 6.07 Å². The number of anilines is 2. The molecule has 2 rings (SSSR count). The Hall–Kier alpha value is -1.46. The Morgan fingerprint density at radius 2 is 1.94 bits per heavy atom. The second-order valence-corrected chi connectivity index (χ2v) is 3.80. The number of aryl methyl sites for hydroxylation is 1. The van der Waals surface area contributed by atoms with E-state index in [1.54, 1.807) is 19.3 Å². The second-order valence-electron chi connectivity index (χ2n) is 3.80. The van der Waals surface area contributed by atoms with Gasteiger partial charge < -0.3 is 4.74 Å².